The molecule has 76 heavy (non-hydrogen) atoms. The number of phosphoric acid groups is 1. The highest BCUT2D eigenvalue weighted by molar-refractivity contribution is 7.47. The number of allylic oxidation sites excluding steroid dienone is 14. The van der Waals surface area contributed by atoms with Gasteiger partial charge in [-0.05, 0) is 109 Å². The maximum Gasteiger partial charge on any atom is 0.472 e. The number of ether oxygens (including phenoxy) is 3. The minimum Gasteiger partial charge on any atom is -0.462 e. The first kappa shape index (κ1) is 72.7. The van der Waals surface area contributed by atoms with Crippen molar-refractivity contribution in [2.75, 3.05) is 26.4 Å². The van der Waals surface area contributed by atoms with Gasteiger partial charge >= 0.3 is 25.7 Å². The summed E-state index contributed by atoms with van der Waals surface area (Å²) in [7, 11) is -4.76. The number of rotatable bonds is 56. The van der Waals surface area contributed by atoms with Crippen LogP contribution in [-0.4, -0.2) is 66.5 Å². The van der Waals surface area contributed by atoms with Crippen LogP contribution >= 0.6 is 7.82 Å². The number of aliphatic hydroxyl groups excluding tert-OH is 1. The minimum atomic E-state index is -4.76. The van der Waals surface area contributed by atoms with Crippen LogP contribution in [0.25, 0.3) is 0 Å². The molecule has 3 atom stereocenters. The molecule has 0 fully saturated rings. The van der Waals surface area contributed by atoms with Gasteiger partial charge in [-0.3, -0.25) is 23.4 Å². The van der Waals surface area contributed by atoms with E-state index < -0.39 is 57.8 Å². The van der Waals surface area contributed by atoms with Crippen LogP contribution in [0.2, 0.25) is 0 Å². The van der Waals surface area contributed by atoms with Gasteiger partial charge in [-0.1, -0.05) is 221 Å². The molecule has 0 rings (SSSR count). The Kier molecular flexibility index (Phi) is 55.3. The molecule has 438 valence electrons. The van der Waals surface area contributed by atoms with E-state index in [1.165, 1.54) is 57.8 Å². The minimum absolute atomic E-state index is 0.151. The molecule has 0 saturated heterocycles. The number of hydrogen-bond acceptors (Lipinski definition) is 10. The summed E-state index contributed by atoms with van der Waals surface area (Å²) in [5.41, 5.74) is 0. The van der Waals surface area contributed by atoms with E-state index in [2.05, 4.69) is 106 Å². The monoisotopic (exact) mass is 1090 g/mol. The van der Waals surface area contributed by atoms with Crippen LogP contribution in [0.1, 0.15) is 265 Å². The van der Waals surface area contributed by atoms with Gasteiger partial charge in [0.05, 0.1) is 19.8 Å². The van der Waals surface area contributed by atoms with Crippen molar-refractivity contribution in [2.24, 2.45) is 0 Å². The maximum absolute atomic E-state index is 12.9. The topological polar surface area (TPSA) is 155 Å². The number of esters is 3. The van der Waals surface area contributed by atoms with Crippen molar-refractivity contribution in [2.45, 2.75) is 277 Å². The van der Waals surface area contributed by atoms with Crippen LogP contribution < -0.4 is 0 Å². The third-order valence-electron chi connectivity index (χ3n) is 12.8. The molecule has 0 radical (unpaired) electrons. The quantitative estimate of drug-likeness (QED) is 0.0197. The summed E-state index contributed by atoms with van der Waals surface area (Å²) < 4.78 is 39.6. The highest BCUT2D eigenvalue weighted by Crippen LogP contribution is 2.43. The van der Waals surface area contributed by atoms with Gasteiger partial charge in [-0.25, -0.2) is 4.57 Å². The van der Waals surface area contributed by atoms with E-state index in [0.29, 0.717) is 19.3 Å². The number of phosphoric ester groups is 1. The van der Waals surface area contributed by atoms with E-state index in [1.807, 2.05) is 0 Å². The fourth-order valence-corrected chi connectivity index (χ4v) is 8.99. The maximum atomic E-state index is 12.9. The zero-order valence-electron chi connectivity index (χ0n) is 48.5. The molecule has 0 amide bonds. The average molecular weight is 1090 g/mol. The molecular weight excluding hydrogens is 976 g/mol. The third-order valence-corrected chi connectivity index (χ3v) is 13.7. The fraction of sp³-hybridized carbons (Fsp3) is 0.734. The summed E-state index contributed by atoms with van der Waals surface area (Å²) in [5, 5.41) is 9.83. The fourth-order valence-electron chi connectivity index (χ4n) is 8.20. The Morgan fingerprint density at radius 2 is 0.684 bits per heavy atom. The van der Waals surface area contributed by atoms with Crippen LogP contribution in [0.3, 0.4) is 0 Å². The molecule has 0 heterocycles. The Hall–Kier alpha value is -3.34. The summed E-state index contributed by atoms with van der Waals surface area (Å²) >= 11 is 0. The van der Waals surface area contributed by atoms with Crippen molar-refractivity contribution >= 4 is 25.7 Å². The highest BCUT2D eigenvalue weighted by Gasteiger charge is 2.28. The van der Waals surface area contributed by atoms with Gasteiger partial charge in [0, 0.05) is 19.3 Å². The summed E-state index contributed by atoms with van der Waals surface area (Å²) in [4.78, 5) is 48.7. The van der Waals surface area contributed by atoms with E-state index >= 15 is 0 Å². The van der Waals surface area contributed by atoms with Gasteiger partial charge in [0.2, 0.25) is 0 Å². The van der Waals surface area contributed by atoms with E-state index in [4.69, 9.17) is 23.3 Å². The zero-order valence-corrected chi connectivity index (χ0v) is 49.3. The second-order valence-electron chi connectivity index (χ2n) is 20.1. The number of carbonyl (C=O) groups excluding carboxylic acids is 3. The predicted octanol–water partition coefficient (Wildman–Crippen LogP) is 18.3. The van der Waals surface area contributed by atoms with Gasteiger partial charge in [-0.2, -0.15) is 0 Å². The lowest BCUT2D eigenvalue weighted by atomic mass is 10.1. The molecule has 12 heteroatoms. The van der Waals surface area contributed by atoms with E-state index in [9.17, 15) is 28.9 Å². The van der Waals surface area contributed by atoms with Crippen molar-refractivity contribution in [3.8, 4) is 0 Å². The SMILES string of the molecule is CC/C=C\C/C=C\C/C=C\CCCCCCCCCC(=O)OCC(COP(=O)(O)OCC(CO)OC(=O)CCCCCCC/C=C\CCCCCCCC)OC(=O)CCCCCCCCC/C=C\C/C=C\C/C=C\CC. The second kappa shape index (κ2) is 57.8. The molecule has 0 bridgehead atoms. The number of aliphatic hydroxyl groups is 1. The Balaban J connectivity index is 4.75. The lowest BCUT2D eigenvalue weighted by Gasteiger charge is -2.21. The lowest BCUT2D eigenvalue weighted by molar-refractivity contribution is -0.161. The Labute approximate surface area is 464 Å². The highest BCUT2D eigenvalue weighted by atomic mass is 31.2. The van der Waals surface area contributed by atoms with Crippen molar-refractivity contribution < 1.29 is 52.2 Å². The van der Waals surface area contributed by atoms with E-state index in [1.54, 1.807) is 0 Å². The van der Waals surface area contributed by atoms with Gasteiger partial charge in [0.25, 0.3) is 0 Å². The number of hydrogen-bond donors (Lipinski definition) is 2. The zero-order chi connectivity index (χ0) is 55.5. The molecule has 0 saturated carbocycles. The van der Waals surface area contributed by atoms with Crippen LogP contribution in [-0.2, 0) is 42.2 Å². The Morgan fingerprint density at radius 3 is 1.07 bits per heavy atom. The molecule has 0 aliphatic rings. The summed E-state index contributed by atoms with van der Waals surface area (Å²) in [6.45, 7) is 4.41. The van der Waals surface area contributed by atoms with Crippen LogP contribution in [0.15, 0.2) is 85.1 Å². The van der Waals surface area contributed by atoms with Crippen LogP contribution in [0.5, 0.6) is 0 Å². The first-order valence-corrected chi connectivity index (χ1v) is 32.0. The van der Waals surface area contributed by atoms with Crippen molar-refractivity contribution in [3.63, 3.8) is 0 Å². The molecule has 0 aromatic carbocycles. The summed E-state index contributed by atoms with van der Waals surface area (Å²) in [5.74, 6) is -1.49. The van der Waals surface area contributed by atoms with Gasteiger partial charge in [0.15, 0.2) is 6.10 Å². The molecule has 2 N–H and O–H groups in total. The summed E-state index contributed by atoms with van der Waals surface area (Å²) in [6.07, 6.45) is 66.7. The Bertz CT molecular complexity index is 1600. The molecule has 0 aromatic rings. The van der Waals surface area contributed by atoms with Gasteiger partial charge in [-0.15, -0.1) is 0 Å². The standard InChI is InChI=1S/C64H111O11P/c1-4-7-10-13-16-19-22-25-28-30-33-35-38-41-44-47-50-53-62(66)71-57-61(75-64(68)55-52-49-46-43-40-37-34-31-29-26-23-20-17-14-11-8-5-2)59-73-76(69,70)72-58-60(56-65)74-63(67)54-51-48-45-42-39-36-32-27-24-21-18-15-12-9-6-3/h7-8,10-11,16-17,19-20,25-29,32,60-61,65H,4-6,9,12-15,18,21-24,30-31,33-59H2,1-3H3,(H,69,70)/b10-7-,11-8-,19-16-,20-17-,28-25-,29-26-,32-27-. The van der Waals surface area contributed by atoms with Crippen molar-refractivity contribution in [1.82, 2.24) is 0 Å². The third kappa shape index (κ3) is 55.4. The smallest absolute Gasteiger partial charge is 0.462 e. The van der Waals surface area contributed by atoms with Crippen LogP contribution in [0, 0.1) is 0 Å². The largest absolute Gasteiger partial charge is 0.472 e. The first-order valence-electron chi connectivity index (χ1n) is 30.5. The second-order valence-corrected chi connectivity index (χ2v) is 21.6. The van der Waals surface area contributed by atoms with Crippen LogP contribution in [0.4, 0.5) is 0 Å². The summed E-state index contributed by atoms with van der Waals surface area (Å²) in [6, 6.07) is 0. The lowest BCUT2D eigenvalue weighted by Crippen LogP contribution is -2.30. The number of carbonyl (C=O) groups is 3. The van der Waals surface area contributed by atoms with Crippen molar-refractivity contribution in [1.29, 1.82) is 0 Å². The average Bonchev–Trinajstić information content (AvgIpc) is 3.41. The molecule has 0 aliphatic carbocycles. The van der Waals surface area contributed by atoms with E-state index in [0.717, 1.165) is 148 Å². The molecule has 0 aliphatic heterocycles. The number of unbranched alkanes of at least 4 members (excludes halogenated alkanes) is 25. The molecule has 0 aromatic heterocycles. The molecule has 11 nitrogen and oxygen atoms in total. The van der Waals surface area contributed by atoms with E-state index in [-0.39, 0.29) is 25.9 Å². The van der Waals surface area contributed by atoms with Gasteiger partial charge in [0.1, 0.15) is 12.7 Å². The molecule has 0 spiro atoms. The Morgan fingerprint density at radius 1 is 0.382 bits per heavy atom. The first-order chi connectivity index (χ1) is 37.2. The normalized spacial score (nSPS) is 13.9. The molecule has 3 unspecified atom stereocenters. The van der Waals surface area contributed by atoms with Gasteiger partial charge < -0.3 is 24.2 Å². The molecular formula is C64H111O11P. The predicted molar refractivity (Wildman–Crippen MR) is 316 cm³/mol. The van der Waals surface area contributed by atoms with Crippen molar-refractivity contribution in [3.05, 3.63) is 85.1 Å².